The Morgan fingerprint density at radius 2 is 1.85 bits per heavy atom. The first kappa shape index (κ1) is 19.8. The van der Waals surface area contributed by atoms with Crippen LogP contribution in [0.4, 0.5) is 4.79 Å². The first-order valence-electron chi connectivity index (χ1n) is 8.90. The van der Waals surface area contributed by atoms with E-state index in [0.717, 1.165) is 11.1 Å². The predicted molar refractivity (Wildman–Crippen MR) is 95.6 cm³/mol. The van der Waals surface area contributed by atoms with Crippen LogP contribution < -0.4 is 5.32 Å². The number of hydrogen-bond acceptors (Lipinski definition) is 5. The van der Waals surface area contributed by atoms with E-state index in [1.54, 1.807) is 11.8 Å². The van der Waals surface area contributed by atoms with Gasteiger partial charge in [0.05, 0.1) is 13.0 Å². The highest BCUT2D eigenvalue weighted by Gasteiger charge is 2.24. The van der Waals surface area contributed by atoms with E-state index in [1.807, 2.05) is 31.2 Å². The van der Waals surface area contributed by atoms with Gasteiger partial charge in [0, 0.05) is 19.1 Å². The number of rotatable bonds is 6. The topological polar surface area (TPSA) is 84.9 Å². The number of aryl methyl sites for hydroxylation is 1. The second-order valence-corrected chi connectivity index (χ2v) is 6.29. The number of amides is 2. The molecule has 0 spiro atoms. The molecule has 0 radical (unpaired) electrons. The molecule has 1 fully saturated rings. The molecule has 0 unspecified atom stereocenters. The van der Waals surface area contributed by atoms with Gasteiger partial charge in [-0.25, -0.2) is 4.79 Å². The van der Waals surface area contributed by atoms with Crippen LogP contribution in [0.5, 0.6) is 0 Å². The maximum atomic E-state index is 12.0. The highest BCUT2D eigenvalue weighted by atomic mass is 16.6. The van der Waals surface area contributed by atoms with E-state index in [4.69, 9.17) is 9.47 Å². The summed E-state index contributed by atoms with van der Waals surface area (Å²) in [5.41, 5.74) is 1.91. The van der Waals surface area contributed by atoms with Gasteiger partial charge in [0.15, 0.2) is 6.61 Å². The summed E-state index contributed by atoms with van der Waals surface area (Å²) in [6.07, 6.45) is 1.14. The summed E-state index contributed by atoms with van der Waals surface area (Å²) in [6, 6.07) is 7.55. The number of benzene rings is 1. The van der Waals surface area contributed by atoms with Crippen molar-refractivity contribution in [3.8, 4) is 0 Å². The molecule has 1 aliphatic heterocycles. The Labute approximate surface area is 153 Å². The molecule has 142 valence electrons. The predicted octanol–water partition coefficient (Wildman–Crippen LogP) is 1.82. The molecule has 1 aromatic carbocycles. The minimum Gasteiger partial charge on any atom is -0.455 e. The van der Waals surface area contributed by atoms with Gasteiger partial charge in [0.1, 0.15) is 0 Å². The molecule has 2 amide bonds. The molecule has 7 heteroatoms. The monoisotopic (exact) mass is 362 g/mol. The number of nitrogens with one attached hydrogen (secondary N) is 1. The molecule has 1 N–H and O–H groups in total. The van der Waals surface area contributed by atoms with Crippen molar-refractivity contribution in [2.24, 2.45) is 0 Å². The molecule has 26 heavy (non-hydrogen) atoms. The van der Waals surface area contributed by atoms with Crippen molar-refractivity contribution in [1.29, 1.82) is 0 Å². The number of nitrogens with zero attached hydrogens (tertiary/aromatic N) is 1. The molecule has 1 heterocycles. The molecule has 0 atom stereocenters. The fourth-order valence-corrected chi connectivity index (χ4v) is 2.85. The summed E-state index contributed by atoms with van der Waals surface area (Å²) >= 11 is 0. The third-order valence-corrected chi connectivity index (χ3v) is 4.35. The summed E-state index contributed by atoms with van der Waals surface area (Å²) in [7, 11) is 0. The molecule has 0 aromatic heterocycles. The number of ether oxygens (including phenoxy) is 2. The van der Waals surface area contributed by atoms with E-state index in [2.05, 4.69) is 5.32 Å². The van der Waals surface area contributed by atoms with Crippen LogP contribution in [-0.4, -0.2) is 55.2 Å². The van der Waals surface area contributed by atoms with Gasteiger partial charge >= 0.3 is 12.1 Å². The number of carbonyl (C=O) groups is 3. The van der Waals surface area contributed by atoms with Gasteiger partial charge < -0.3 is 19.7 Å². The van der Waals surface area contributed by atoms with Crippen LogP contribution in [-0.2, 0) is 25.5 Å². The van der Waals surface area contributed by atoms with Gasteiger partial charge in [-0.2, -0.15) is 0 Å². The summed E-state index contributed by atoms with van der Waals surface area (Å²) in [6.45, 7) is 4.84. The Bertz CT molecular complexity index is 639. The van der Waals surface area contributed by atoms with E-state index < -0.39 is 5.97 Å². The normalized spacial score (nSPS) is 14.6. The van der Waals surface area contributed by atoms with Gasteiger partial charge in [-0.1, -0.05) is 24.3 Å². The SMILES string of the molecule is CCOC(=O)N1CCC(NC(=O)COC(=O)Cc2ccccc2C)CC1. The maximum absolute atomic E-state index is 12.0. The molecule has 1 aromatic rings. The van der Waals surface area contributed by atoms with Crippen LogP contribution in [0.3, 0.4) is 0 Å². The maximum Gasteiger partial charge on any atom is 0.409 e. The largest absolute Gasteiger partial charge is 0.455 e. The van der Waals surface area contributed by atoms with Gasteiger partial charge in [-0.05, 0) is 37.8 Å². The van der Waals surface area contributed by atoms with E-state index in [-0.39, 0.29) is 31.1 Å². The van der Waals surface area contributed by atoms with Gasteiger partial charge in [0.2, 0.25) is 0 Å². The summed E-state index contributed by atoms with van der Waals surface area (Å²) in [5, 5.41) is 2.85. The Hall–Kier alpha value is -2.57. The van der Waals surface area contributed by atoms with Crippen molar-refractivity contribution in [2.75, 3.05) is 26.3 Å². The Morgan fingerprint density at radius 3 is 2.50 bits per heavy atom. The third-order valence-electron chi connectivity index (χ3n) is 4.35. The molecule has 1 aliphatic rings. The molecule has 2 rings (SSSR count). The molecule has 0 aliphatic carbocycles. The lowest BCUT2D eigenvalue weighted by Crippen LogP contribution is -2.47. The van der Waals surface area contributed by atoms with Crippen molar-refractivity contribution >= 4 is 18.0 Å². The first-order chi connectivity index (χ1) is 12.5. The summed E-state index contributed by atoms with van der Waals surface area (Å²) in [5.74, 6) is -0.746. The second-order valence-electron chi connectivity index (χ2n) is 6.29. The molecular weight excluding hydrogens is 336 g/mol. The van der Waals surface area contributed by atoms with Crippen LogP contribution in [0.1, 0.15) is 30.9 Å². The fraction of sp³-hybridized carbons (Fsp3) is 0.526. The highest BCUT2D eigenvalue weighted by molar-refractivity contribution is 5.81. The van der Waals surface area contributed by atoms with E-state index in [0.29, 0.717) is 32.5 Å². The Balaban J connectivity index is 1.67. The number of piperidine rings is 1. The number of carbonyl (C=O) groups excluding carboxylic acids is 3. The minimum atomic E-state index is -0.424. The average molecular weight is 362 g/mol. The van der Waals surface area contributed by atoms with Crippen LogP contribution in [0.2, 0.25) is 0 Å². The molecule has 0 saturated carbocycles. The lowest BCUT2D eigenvalue weighted by Gasteiger charge is -2.31. The standard InChI is InChI=1S/C19H26N2O5/c1-3-25-19(24)21-10-8-16(9-11-21)20-17(22)13-26-18(23)12-15-7-5-4-6-14(15)2/h4-7,16H,3,8-13H2,1-2H3,(H,20,22). The molecule has 7 nitrogen and oxygen atoms in total. The second kappa shape index (κ2) is 9.79. The van der Waals surface area contributed by atoms with Crippen LogP contribution in [0, 0.1) is 6.92 Å². The van der Waals surface area contributed by atoms with Crippen LogP contribution in [0.15, 0.2) is 24.3 Å². The van der Waals surface area contributed by atoms with E-state index >= 15 is 0 Å². The summed E-state index contributed by atoms with van der Waals surface area (Å²) < 4.78 is 10.0. The van der Waals surface area contributed by atoms with E-state index in [1.165, 1.54) is 0 Å². The van der Waals surface area contributed by atoms with E-state index in [9.17, 15) is 14.4 Å². The molecular formula is C19H26N2O5. The zero-order chi connectivity index (χ0) is 18.9. The van der Waals surface area contributed by atoms with Crippen molar-refractivity contribution in [3.63, 3.8) is 0 Å². The quantitative estimate of drug-likeness (QED) is 0.780. The molecule has 1 saturated heterocycles. The zero-order valence-electron chi connectivity index (χ0n) is 15.3. The Kier molecular flexibility index (Phi) is 7.44. The van der Waals surface area contributed by atoms with Gasteiger partial charge in [-0.15, -0.1) is 0 Å². The lowest BCUT2D eigenvalue weighted by molar-refractivity contribution is -0.148. The van der Waals surface area contributed by atoms with Crippen molar-refractivity contribution < 1.29 is 23.9 Å². The van der Waals surface area contributed by atoms with Crippen LogP contribution >= 0.6 is 0 Å². The van der Waals surface area contributed by atoms with Crippen molar-refractivity contribution in [1.82, 2.24) is 10.2 Å². The summed E-state index contributed by atoms with van der Waals surface area (Å²) in [4.78, 5) is 37.1. The number of esters is 1. The Morgan fingerprint density at radius 1 is 1.15 bits per heavy atom. The highest BCUT2D eigenvalue weighted by Crippen LogP contribution is 2.12. The number of hydrogen-bond donors (Lipinski definition) is 1. The van der Waals surface area contributed by atoms with Gasteiger partial charge in [0.25, 0.3) is 5.91 Å². The average Bonchev–Trinajstić information content (AvgIpc) is 2.63. The zero-order valence-corrected chi connectivity index (χ0v) is 15.3. The van der Waals surface area contributed by atoms with Crippen molar-refractivity contribution in [2.45, 2.75) is 39.2 Å². The minimum absolute atomic E-state index is 0.0248. The van der Waals surface area contributed by atoms with Crippen LogP contribution in [0.25, 0.3) is 0 Å². The fourth-order valence-electron chi connectivity index (χ4n) is 2.85. The lowest BCUT2D eigenvalue weighted by atomic mass is 10.1. The van der Waals surface area contributed by atoms with Gasteiger partial charge in [-0.3, -0.25) is 9.59 Å². The van der Waals surface area contributed by atoms with Crippen molar-refractivity contribution in [3.05, 3.63) is 35.4 Å². The number of likely N-dealkylation sites (tertiary alicyclic amines) is 1. The molecule has 0 bridgehead atoms. The third kappa shape index (κ3) is 6.06. The first-order valence-corrected chi connectivity index (χ1v) is 8.90. The smallest absolute Gasteiger partial charge is 0.409 e.